The van der Waals surface area contributed by atoms with Crippen LogP contribution >= 0.6 is 23.2 Å². The van der Waals surface area contributed by atoms with Crippen molar-refractivity contribution in [3.05, 3.63) is 29.0 Å². The van der Waals surface area contributed by atoms with E-state index in [1.54, 1.807) is 12.1 Å². The average molecular weight is 204 g/mol. The van der Waals surface area contributed by atoms with E-state index in [2.05, 4.69) is 4.98 Å². The Labute approximate surface area is 80.5 Å². The number of hydrogen-bond donors (Lipinski definition) is 0. The van der Waals surface area contributed by atoms with E-state index in [0.717, 1.165) is 0 Å². The Balaban J connectivity index is 2.64. The van der Waals surface area contributed by atoms with Crippen LogP contribution in [0.15, 0.2) is 18.3 Å². The minimum atomic E-state index is -0.0357. The molecule has 0 unspecified atom stereocenters. The summed E-state index contributed by atoms with van der Waals surface area (Å²) < 4.78 is 0. The van der Waals surface area contributed by atoms with E-state index in [1.165, 1.54) is 6.20 Å². The Morgan fingerprint density at radius 2 is 2.25 bits per heavy atom. The molecule has 0 amide bonds. The van der Waals surface area contributed by atoms with Gasteiger partial charge in [-0.15, -0.1) is 11.6 Å². The van der Waals surface area contributed by atoms with Crippen molar-refractivity contribution < 1.29 is 4.79 Å². The first-order chi connectivity index (χ1) is 5.72. The molecule has 1 aromatic heterocycles. The molecule has 0 radical (unpaired) electrons. The normalized spacial score (nSPS) is 9.83. The summed E-state index contributed by atoms with van der Waals surface area (Å²) in [4.78, 5) is 14.8. The van der Waals surface area contributed by atoms with Gasteiger partial charge in [0, 0.05) is 18.3 Å². The smallest absolute Gasteiger partial charge is 0.153 e. The maximum absolute atomic E-state index is 10.9. The van der Waals surface area contributed by atoms with Gasteiger partial charge in [0.2, 0.25) is 0 Å². The van der Waals surface area contributed by atoms with Crippen LogP contribution in [0.5, 0.6) is 0 Å². The summed E-state index contributed by atoms with van der Waals surface area (Å²) >= 11 is 10.9. The minimum absolute atomic E-state index is 0.0321. The Bertz CT molecular complexity index is 271. The van der Waals surface area contributed by atoms with Gasteiger partial charge in [-0.25, -0.2) is 0 Å². The lowest BCUT2D eigenvalue weighted by Crippen LogP contribution is -2.04. The Kier molecular flexibility index (Phi) is 3.50. The molecular weight excluding hydrogens is 197 g/mol. The number of Topliss-reactive ketones (excluding diaryl/α,β-unsaturated/α-hetero) is 1. The molecule has 0 spiro atoms. The summed E-state index contributed by atoms with van der Waals surface area (Å²) in [5.74, 6) is -0.00361. The fourth-order valence-electron chi connectivity index (χ4n) is 0.760. The molecule has 0 fully saturated rings. The number of alkyl halides is 1. The highest BCUT2D eigenvalue weighted by molar-refractivity contribution is 6.30. The van der Waals surface area contributed by atoms with Crippen molar-refractivity contribution in [2.24, 2.45) is 0 Å². The lowest BCUT2D eigenvalue weighted by Gasteiger charge is -1.96. The second kappa shape index (κ2) is 4.43. The SMILES string of the molecule is O=C(CCl)Cc1ccc(Cl)cn1. The van der Waals surface area contributed by atoms with Crippen molar-refractivity contribution in [3.63, 3.8) is 0 Å². The van der Waals surface area contributed by atoms with Crippen LogP contribution in [-0.2, 0) is 11.2 Å². The molecule has 64 valence electrons. The Morgan fingerprint density at radius 1 is 1.50 bits per heavy atom. The number of rotatable bonds is 3. The van der Waals surface area contributed by atoms with Gasteiger partial charge >= 0.3 is 0 Å². The van der Waals surface area contributed by atoms with E-state index in [0.29, 0.717) is 10.7 Å². The average Bonchev–Trinajstić information content (AvgIpc) is 2.09. The van der Waals surface area contributed by atoms with Crippen LogP contribution in [0.25, 0.3) is 0 Å². The molecule has 0 aromatic carbocycles. The molecule has 0 bridgehead atoms. The second-order valence-electron chi connectivity index (χ2n) is 2.32. The molecule has 0 aliphatic heterocycles. The van der Waals surface area contributed by atoms with E-state index in [4.69, 9.17) is 23.2 Å². The molecule has 1 aromatic rings. The maximum atomic E-state index is 10.9. The summed E-state index contributed by atoms with van der Waals surface area (Å²) in [6.07, 6.45) is 1.79. The molecule has 0 atom stereocenters. The Morgan fingerprint density at radius 3 is 2.75 bits per heavy atom. The second-order valence-corrected chi connectivity index (χ2v) is 3.02. The summed E-state index contributed by atoms with van der Waals surface area (Å²) in [6.45, 7) is 0. The highest BCUT2D eigenvalue weighted by Gasteiger charge is 2.02. The van der Waals surface area contributed by atoms with E-state index >= 15 is 0 Å². The number of carbonyl (C=O) groups excluding carboxylic acids is 1. The van der Waals surface area contributed by atoms with Crippen LogP contribution < -0.4 is 0 Å². The van der Waals surface area contributed by atoms with Crippen LogP contribution in [0.2, 0.25) is 5.02 Å². The lowest BCUT2D eigenvalue weighted by atomic mass is 10.2. The number of aromatic nitrogens is 1. The molecule has 1 heterocycles. The molecule has 0 N–H and O–H groups in total. The monoisotopic (exact) mass is 203 g/mol. The van der Waals surface area contributed by atoms with Crippen molar-refractivity contribution in [2.45, 2.75) is 6.42 Å². The van der Waals surface area contributed by atoms with Crippen LogP contribution in [0.4, 0.5) is 0 Å². The molecule has 12 heavy (non-hydrogen) atoms. The standard InChI is InChI=1S/C8H7Cl2NO/c9-4-8(12)3-7-2-1-6(10)5-11-7/h1-2,5H,3-4H2. The number of nitrogens with zero attached hydrogens (tertiary/aromatic N) is 1. The van der Waals surface area contributed by atoms with Crippen LogP contribution in [0.1, 0.15) is 5.69 Å². The highest BCUT2D eigenvalue weighted by Crippen LogP contribution is 2.06. The molecule has 0 saturated carbocycles. The summed E-state index contributed by atoms with van der Waals surface area (Å²) in [5.41, 5.74) is 0.699. The van der Waals surface area contributed by atoms with Gasteiger partial charge in [-0.2, -0.15) is 0 Å². The predicted octanol–water partition coefficient (Wildman–Crippen LogP) is 2.09. The predicted molar refractivity (Wildman–Crippen MR) is 48.7 cm³/mol. The van der Waals surface area contributed by atoms with Crippen molar-refractivity contribution in [1.29, 1.82) is 0 Å². The number of pyridine rings is 1. The summed E-state index contributed by atoms with van der Waals surface area (Å²) in [5, 5.41) is 0.567. The highest BCUT2D eigenvalue weighted by atomic mass is 35.5. The number of ketones is 1. The van der Waals surface area contributed by atoms with Gasteiger partial charge in [0.25, 0.3) is 0 Å². The van der Waals surface area contributed by atoms with Crippen molar-refractivity contribution in [3.8, 4) is 0 Å². The minimum Gasteiger partial charge on any atom is -0.298 e. The molecule has 4 heteroatoms. The maximum Gasteiger partial charge on any atom is 0.153 e. The zero-order chi connectivity index (χ0) is 8.97. The van der Waals surface area contributed by atoms with Crippen LogP contribution in [0, 0.1) is 0 Å². The van der Waals surface area contributed by atoms with Crippen molar-refractivity contribution in [2.75, 3.05) is 5.88 Å². The van der Waals surface area contributed by atoms with E-state index < -0.39 is 0 Å². The third-order valence-electron chi connectivity index (χ3n) is 1.32. The van der Waals surface area contributed by atoms with E-state index in [9.17, 15) is 4.79 Å². The number of hydrogen-bond acceptors (Lipinski definition) is 2. The summed E-state index contributed by atoms with van der Waals surface area (Å²) in [7, 11) is 0. The topological polar surface area (TPSA) is 30.0 Å². The largest absolute Gasteiger partial charge is 0.298 e. The quantitative estimate of drug-likeness (QED) is 0.705. The number of carbonyl (C=O) groups is 1. The van der Waals surface area contributed by atoms with Crippen molar-refractivity contribution >= 4 is 29.0 Å². The van der Waals surface area contributed by atoms with Gasteiger partial charge in [0.1, 0.15) is 0 Å². The lowest BCUT2D eigenvalue weighted by molar-refractivity contribution is -0.116. The fraction of sp³-hybridized carbons (Fsp3) is 0.250. The molecule has 0 aliphatic carbocycles. The first kappa shape index (κ1) is 9.49. The van der Waals surface area contributed by atoms with Gasteiger partial charge in [-0.05, 0) is 12.1 Å². The first-order valence-electron chi connectivity index (χ1n) is 3.40. The zero-order valence-corrected chi connectivity index (χ0v) is 7.77. The summed E-state index contributed by atoms with van der Waals surface area (Å²) in [6, 6.07) is 3.41. The fourth-order valence-corrected chi connectivity index (χ4v) is 0.967. The van der Waals surface area contributed by atoms with Crippen LogP contribution in [0.3, 0.4) is 0 Å². The van der Waals surface area contributed by atoms with Crippen LogP contribution in [-0.4, -0.2) is 16.6 Å². The molecule has 0 saturated heterocycles. The molecule has 1 rings (SSSR count). The molecule has 2 nitrogen and oxygen atoms in total. The van der Waals surface area contributed by atoms with Gasteiger partial charge in [-0.1, -0.05) is 11.6 Å². The third kappa shape index (κ3) is 2.80. The molecular formula is C8H7Cl2NO. The van der Waals surface area contributed by atoms with E-state index in [-0.39, 0.29) is 18.1 Å². The zero-order valence-electron chi connectivity index (χ0n) is 6.26. The van der Waals surface area contributed by atoms with Gasteiger partial charge in [0.05, 0.1) is 10.9 Å². The van der Waals surface area contributed by atoms with Gasteiger partial charge < -0.3 is 0 Å². The molecule has 0 aliphatic rings. The third-order valence-corrected chi connectivity index (χ3v) is 1.84. The van der Waals surface area contributed by atoms with E-state index in [1.807, 2.05) is 0 Å². The van der Waals surface area contributed by atoms with Gasteiger partial charge in [0.15, 0.2) is 5.78 Å². The Hall–Kier alpha value is -0.600. The van der Waals surface area contributed by atoms with Gasteiger partial charge in [-0.3, -0.25) is 9.78 Å². The van der Waals surface area contributed by atoms with Crippen molar-refractivity contribution in [1.82, 2.24) is 4.98 Å². The number of halogens is 2. The first-order valence-corrected chi connectivity index (χ1v) is 4.31.